The van der Waals surface area contributed by atoms with Crippen LogP contribution in [-0.4, -0.2) is 19.6 Å². The van der Waals surface area contributed by atoms with Gasteiger partial charge in [0.05, 0.1) is 0 Å². The van der Waals surface area contributed by atoms with E-state index in [9.17, 15) is 0 Å². The minimum atomic E-state index is 0.900. The SMILES string of the molecule is CCCNCCCNN. The summed E-state index contributed by atoms with van der Waals surface area (Å²) in [7, 11) is 0. The minimum absolute atomic E-state index is 0.900. The van der Waals surface area contributed by atoms with E-state index in [0.29, 0.717) is 0 Å². The average molecular weight is 131 g/mol. The van der Waals surface area contributed by atoms with Crippen molar-refractivity contribution >= 4 is 0 Å². The first-order valence-corrected chi connectivity index (χ1v) is 3.56. The van der Waals surface area contributed by atoms with Crippen LogP contribution in [0.3, 0.4) is 0 Å². The van der Waals surface area contributed by atoms with Crippen LogP contribution in [0.25, 0.3) is 0 Å². The molecule has 0 aliphatic heterocycles. The van der Waals surface area contributed by atoms with Gasteiger partial charge in [0.15, 0.2) is 0 Å². The average Bonchev–Trinajstić information content (AvgIpc) is 1.89. The number of hydrazine groups is 1. The van der Waals surface area contributed by atoms with E-state index in [0.717, 1.165) is 26.1 Å². The lowest BCUT2D eigenvalue weighted by Crippen LogP contribution is -2.26. The summed E-state index contributed by atoms with van der Waals surface area (Å²) < 4.78 is 0. The van der Waals surface area contributed by atoms with Gasteiger partial charge in [0.2, 0.25) is 0 Å². The number of rotatable bonds is 6. The molecule has 4 N–H and O–H groups in total. The fourth-order valence-electron chi connectivity index (χ4n) is 0.617. The van der Waals surface area contributed by atoms with Crippen molar-refractivity contribution in [3.05, 3.63) is 0 Å². The molecule has 0 fully saturated rings. The zero-order chi connectivity index (χ0) is 6.95. The Kier molecular flexibility index (Phi) is 7.77. The second-order valence-electron chi connectivity index (χ2n) is 2.06. The van der Waals surface area contributed by atoms with Crippen LogP contribution in [-0.2, 0) is 0 Å². The third-order valence-electron chi connectivity index (χ3n) is 1.10. The topological polar surface area (TPSA) is 50.1 Å². The Hall–Kier alpha value is -0.120. The maximum Gasteiger partial charge on any atom is 0.0109 e. The van der Waals surface area contributed by atoms with E-state index in [1.165, 1.54) is 6.42 Å². The predicted molar refractivity (Wildman–Crippen MR) is 40.0 cm³/mol. The van der Waals surface area contributed by atoms with Gasteiger partial charge in [-0.3, -0.25) is 11.3 Å². The number of nitrogens with one attached hydrogen (secondary N) is 2. The second kappa shape index (κ2) is 7.88. The van der Waals surface area contributed by atoms with Crippen molar-refractivity contribution < 1.29 is 0 Å². The molecule has 0 aromatic rings. The molecular weight excluding hydrogens is 114 g/mol. The van der Waals surface area contributed by atoms with Crippen LogP contribution in [0.5, 0.6) is 0 Å². The van der Waals surface area contributed by atoms with Gasteiger partial charge in [0.25, 0.3) is 0 Å². The van der Waals surface area contributed by atoms with Gasteiger partial charge in [-0.25, -0.2) is 0 Å². The molecule has 0 saturated carbocycles. The predicted octanol–water partition coefficient (Wildman–Crippen LogP) is -0.161. The summed E-state index contributed by atoms with van der Waals surface area (Å²) in [5.41, 5.74) is 2.60. The van der Waals surface area contributed by atoms with Gasteiger partial charge < -0.3 is 5.32 Å². The zero-order valence-corrected chi connectivity index (χ0v) is 6.11. The molecule has 0 spiro atoms. The summed E-state index contributed by atoms with van der Waals surface area (Å²) in [5.74, 6) is 5.07. The molecule has 0 aliphatic rings. The molecule has 0 unspecified atom stereocenters. The Morgan fingerprint density at radius 1 is 1.22 bits per heavy atom. The molecular formula is C6H17N3. The highest BCUT2D eigenvalue weighted by atomic mass is 15.2. The van der Waals surface area contributed by atoms with Crippen molar-refractivity contribution in [1.29, 1.82) is 0 Å². The first-order chi connectivity index (χ1) is 4.41. The van der Waals surface area contributed by atoms with Crippen molar-refractivity contribution in [2.24, 2.45) is 5.84 Å². The number of hydrogen-bond acceptors (Lipinski definition) is 3. The van der Waals surface area contributed by atoms with E-state index in [1.807, 2.05) is 0 Å². The van der Waals surface area contributed by atoms with Crippen molar-refractivity contribution in [3.8, 4) is 0 Å². The normalized spacial score (nSPS) is 10.0. The highest BCUT2D eigenvalue weighted by Crippen LogP contribution is 1.72. The van der Waals surface area contributed by atoms with E-state index in [1.54, 1.807) is 0 Å². The van der Waals surface area contributed by atoms with E-state index in [-0.39, 0.29) is 0 Å². The molecule has 0 aliphatic carbocycles. The van der Waals surface area contributed by atoms with E-state index >= 15 is 0 Å². The van der Waals surface area contributed by atoms with Gasteiger partial charge in [-0.15, -0.1) is 0 Å². The molecule has 9 heavy (non-hydrogen) atoms. The standard InChI is InChI=1S/C6H17N3/c1-2-4-8-5-3-6-9-7/h8-9H,2-7H2,1H3. The monoisotopic (exact) mass is 131 g/mol. The van der Waals surface area contributed by atoms with Gasteiger partial charge in [-0.1, -0.05) is 6.92 Å². The van der Waals surface area contributed by atoms with Crippen LogP contribution < -0.4 is 16.6 Å². The summed E-state index contributed by atoms with van der Waals surface area (Å²) in [4.78, 5) is 0. The summed E-state index contributed by atoms with van der Waals surface area (Å²) in [6.07, 6.45) is 2.31. The summed E-state index contributed by atoms with van der Waals surface area (Å²) in [6, 6.07) is 0. The molecule has 3 nitrogen and oxygen atoms in total. The largest absolute Gasteiger partial charge is 0.317 e. The van der Waals surface area contributed by atoms with E-state index in [2.05, 4.69) is 17.7 Å². The Morgan fingerprint density at radius 2 is 2.00 bits per heavy atom. The second-order valence-corrected chi connectivity index (χ2v) is 2.06. The third-order valence-corrected chi connectivity index (χ3v) is 1.10. The first-order valence-electron chi connectivity index (χ1n) is 3.56. The molecule has 56 valence electrons. The quantitative estimate of drug-likeness (QED) is 0.267. The van der Waals surface area contributed by atoms with Crippen molar-refractivity contribution in [1.82, 2.24) is 10.7 Å². The van der Waals surface area contributed by atoms with Crippen molar-refractivity contribution in [2.45, 2.75) is 19.8 Å². The van der Waals surface area contributed by atoms with E-state index < -0.39 is 0 Å². The summed E-state index contributed by atoms with van der Waals surface area (Å²) in [5, 5.41) is 3.27. The Labute approximate surface area is 57.0 Å². The van der Waals surface area contributed by atoms with Crippen LogP contribution >= 0.6 is 0 Å². The molecule has 0 atom stereocenters. The Balaban J connectivity index is 2.60. The fourth-order valence-corrected chi connectivity index (χ4v) is 0.617. The number of nitrogens with two attached hydrogens (primary N) is 1. The van der Waals surface area contributed by atoms with Crippen LogP contribution in [0.2, 0.25) is 0 Å². The van der Waals surface area contributed by atoms with Crippen LogP contribution in [0.15, 0.2) is 0 Å². The molecule has 0 aromatic heterocycles. The first kappa shape index (κ1) is 8.88. The van der Waals surface area contributed by atoms with Crippen LogP contribution in [0.4, 0.5) is 0 Å². The maximum atomic E-state index is 5.07. The van der Waals surface area contributed by atoms with Gasteiger partial charge in [0, 0.05) is 6.54 Å². The number of hydrogen-bond donors (Lipinski definition) is 3. The highest BCUT2D eigenvalue weighted by molar-refractivity contribution is 4.46. The molecule has 0 bridgehead atoms. The molecule has 0 saturated heterocycles. The lowest BCUT2D eigenvalue weighted by Gasteiger charge is -2.00. The highest BCUT2D eigenvalue weighted by Gasteiger charge is 1.83. The van der Waals surface area contributed by atoms with Gasteiger partial charge in [-0.2, -0.15) is 0 Å². The molecule has 0 aromatic carbocycles. The smallest absolute Gasteiger partial charge is 0.0109 e. The van der Waals surface area contributed by atoms with Crippen LogP contribution in [0, 0.1) is 0 Å². The third kappa shape index (κ3) is 7.88. The summed E-state index contributed by atoms with van der Waals surface area (Å²) >= 11 is 0. The summed E-state index contributed by atoms with van der Waals surface area (Å²) in [6.45, 7) is 5.24. The van der Waals surface area contributed by atoms with Crippen molar-refractivity contribution in [3.63, 3.8) is 0 Å². The molecule has 3 heteroatoms. The maximum absolute atomic E-state index is 5.07. The van der Waals surface area contributed by atoms with Gasteiger partial charge in [-0.05, 0) is 25.9 Å². The molecule has 0 radical (unpaired) electrons. The fraction of sp³-hybridized carbons (Fsp3) is 1.00. The molecule has 0 amide bonds. The Bertz CT molecular complexity index is 41.6. The van der Waals surface area contributed by atoms with Crippen molar-refractivity contribution in [2.75, 3.05) is 19.6 Å². The van der Waals surface area contributed by atoms with Crippen LogP contribution in [0.1, 0.15) is 19.8 Å². The van der Waals surface area contributed by atoms with Gasteiger partial charge >= 0.3 is 0 Å². The zero-order valence-electron chi connectivity index (χ0n) is 6.11. The molecule has 0 rings (SSSR count). The Morgan fingerprint density at radius 3 is 2.56 bits per heavy atom. The minimum Gasteiger partial charge on any atom is -0.317 e. The lowest BCUT2D eigenvalue weighted by atomic mass is 10.4. The lowest BCUT2D eigenvalue weighted by molar-refractivity contribution is 0.604. The van der Waals surface area contributed by atoms with E-state index in [4.69, 9.17) is 5.84 Å². The molecule has 0 heterocycles. The van der Waals surface area contributed by atoms with Gasteiger partial charge in [0.1, 0.15) is 0 Å².